The average molecular weight is 413 g/mol. The number of nitrogens with two attached hydrogens (primary N) is 1. The maximum atomic E-state index is 11.0. The topological polar surface area (TPSA) is 113 Å². The predicted octanol–water partition coefficient (Wildman–Crippen LogP) is 3.49. The van der Waals surface area contributed by atoms with E-state index in [-0.39, 0.29) is 19.1 Å². The van der Waals surface area contributed by atoms with Crippen LogP contribution in [0.1, 0.15) is 68.6 Å². The van der Waals surface area contributed by atoms with Crippen LogP contribution < -0.4 is 5.73 Å². The molecule has 1 aromatic rings. The smallest absolute Gasteiger partial charge is 0.394 e. The van der Waals surface area contributed by atoms with Crippen molar-refractivity contribution >= 4 is 7.82 Å². The Balaban J connectivity index is 1.91. The molecule has 1 aliphatic rings. The van der Waals surface area contributed by atoms with Crippen molar-refractivity contribution < 1.29 is 24.0 Å². The van der Waals surface area contributed by atoms with Gasteiger partial charge in [0.15, 0.2) is 0 Å². The van der Waals surface area contributed by atoms with Crippen molar-refractivity contribution in [2.45, 2.75) is 76.7 Å². The first kappa shape index (κ1) is 23.5. The molecule has 0 fully saturated rings. The van der Waals surface area contributed by atoms with E-state index in [2.05, 4.69) is 29.6 Å². The van der Waals surface area contributed by atoms with E-state index in [9.17, 15) is 9.67 Å². The Morgan fingerprint density at radius 3 is 2.57 bits per heavy atom. The van der Waals surface area contributed by atoms with E-state index in [1.54, 1.807) is 0 Å². The van der Waals surface area contributed by atoms with Gasteiger partial charge in [0.1, 0.15) is 0 Å². The number of phosphoric ester groups is 1. The summed E-state index contributed by atoms with van der Waals surface area (Å²) in [5.41, 5.74) is 9.02. The van der Waals surface area contributed by atoms with Crippen LogP contribution in [0.3, 0.4) is 0 Å². The number of unbranched alkanes of at least 4 members (excludes halogenated alkanes) is 5. The van der Waals surface area contributed by atoms with Crippen LogP contribution in [0.25, 0.3) is 0 Å². The van der Waals surface area contributed by atoms with Gasteiger partial charge in [-0.05, 0) is 54.7 Å². The summed E-state index contributed by atoms with van der Waals surface area (Å²) >= 11 is 0. The largest absolute Gasteiger partial charge is 0.469 e. The Morgan fingerprint density at radius 2 is 1.89 bits per heavy atom. The maximum Gasteiger partial charge on any atom is 0.469 e. The lowest BCUT2D eigenvalue weighted by atomic mass is 9.73. The zero-order chi connectivity index (χ0) is 20.6. The lowest BCUT2D eigenvalue weighted by molar-refractivity contribution is 0.0635. The summed E-state index contributed by atoms with van der Waals surface area (Å²) in [4.78, 5) is 17.9. The second-order valence-corrected chi connectivity index (χ2v) is 9.46. The summed E-state index contributed by atoms with van der Waals surface area (Å²) in [6.07, 6.45) is 11.2. The quantitative estimate of drug-likeness (QED) is 0.308. The van der Waals surface area contributed by atoms with Crippen molar-refractivity contribution in [1.82, 2.24) is 0 Å². The first-order valence-electron chi connectivity index (χ1n) is 10.5. The van der Waals surface area contributed by atoms with Gasteiger partial charge in [0.2, 0.25) is 0 Å². The Morgan fingerprint density at radius 1 is 1.18 bits per heavy atom. The number of hydrogen-bond acceptors (Lipinski definition) is 4. The zero-order valence-corrected chi connectivity index (χ0v) is 17.9. The molecule has 2 atom stereocenters. The summed E-state index contributed by atoms with van der Waals surface area (Å²) in [5.74, 6) is -0.0824. The van der Waals surface area contributed by atoms with Crippen LogP contribution in [-0.4, -0.2) is 33.6 Å². The van der Waals surface area contributed by atoms with Crippen molar-refractivity contribution in [1.29, 1.82) is 0 Å². The Bertz CT molecular complexity index is 662. The molecule has 7 heteroatoms. The number of hydrogen-bond donors (Lipinski definition) is 4. The number of fused-ring (bicyclic) bond motifs is 1. The molecule has 6 nitrogen and oxygen atoms in total. The van der Waals surface area contributed by atoms with Gasteiger partial charge in [-0.3, -0.25) is 4.52 Å². The fourth-order valence-corrected chi connectivity index (χ4v) is 4.47. The molecule has 2 rings (SSSR count). The zero-order valence-electron chi connectivity index (χ0n) is 17.0. The molecule has 0 saturated carbocycles. The van der Waals surface area contributed by atoms with E-state index in [4.69, 9.17) is 15.5 Å². The van der Waals surface area contributed by atoms with Crippen LogP contribution in [0.4, 0.5) is 0 Å². The summed E-state index contributed by atoms with van der Waals surface area (Å²) in [6.45, 7) is 1.50. The number of aliphatic hydroxyl groups excluding tert-OH is 1. The minimum Gasteiger partial charge on any atom is -0.394 e. The average Bonchev–Trinajstić information content (AvgIpc) is 2.67. The molecule has 0 spiro atoms. The van der Waals surface area contributed by atoms with Gasteiger partial charge in [-0.1, -0.05) is 57.2 Å². The van der Waals surface area contributed by atoms with Gasteiger partial charge in [-0.2, -0.15) is 0 Å². The van der Waals surface area contributed by atoms with Crippen molar-refractivity contribution in [3.05, 3.63) is 34.9 Å². The molecule has 0 saturated heterocycles. The fourth-order valence-electron chi connectivity index (χ4n) is 4.06. The molecule has 0 heterocycles. The van der Waals surface area contributed by atoms with Gasteiger partial charge >= 0.3 is 7.82 Å². The maximum absolute atomic E-state index is 11.0. The third-order valence-electron chi connectivity index (χ3n) is 5.93. The summed E-state index contributed by atoms with van der Waals surface area (Å²) in [5, 5.41) is 9.74. The molecule has 0 unspecified atom stereocenters. The van der Waals surface area contributed by atoms with Crippen LogP contribution in [-0.2, 0) is 28.4 Å². The highest BCUT2D eigenvalue weighted by Gasteiger charge is 2.38. The van der Waals surface area contributed by atoms with Gasteiger partial charge in [-0.25, -0.2) is 4.57 Å². The van der Waals surface area contributed by atoms with E-state index < -0.39 is 13.4 Å². The number of benzene rings is 1. The summed E-state index contributed by atoms with van der Waals surface area (Å²) < 4.78 is 15.6. The van der Waals surface area contributed by atoms with Crippen molar-refractivity contribution in [3.8, 4) is 0 Å². The highest BCUT2D eigenvalue weighted by Crippen LogP contribution is 2.39. The molecule has 0 aromatic heterocycles. The molecular formula is C21H36NO5P. The summed E-state index contributed by atoms with van der Waals surface area (Å²) in [7, 11) is -4.61. The van der Waals surface area contributed by atoms with E-state index in [1.807, 2.05) is 0 Å². The Kier molecular flexibility index (Phi) is 9.13. The molecule has 1 aliphatic carbocycles. The second-order valence-electron chi connectivity index (χ2n) is 8.22. The molecular weight excluding hydrogens is 377 g/mol. The van der Waals surface area contributed by atoms with E-state index in [0.717, 1.165) is 19.3 Å². The number of rotatable bonds is 12. The van der Waals surface area contributed by atoms with Gasteiger partial charge in [-0.15, -0.1) is 0 Å². The molecule has 160 valence electrons. The van der Waals surface area contributed by atoms with Crippen LogP contribution in [0.5, 0.6) is 0 Å². The third-order valence-corrected chi connectivity index (χ3v) is 6.39. The summed E-state index contributed by atoms with van der Waals surface area (Å²) in [6, 6.07) is 6.62. The first-order chi connectivity index (χ1) is 13.3. The molecule has 0 bridgehead atoms. The van der Waals surface area contributed by atoms with Crippen molar-refractivity contribution in [3.63, 3.8) is 0 Å². The lowest BCUT2D eigenvalue weighted by Gasteiger charge is -2.38. The van der Waals surface area contributed by atoms with E-state index in [1.165, 1.54) is 55.2 Å². The highest BCUT2D eigenvalue weighted by molar-refractivity contribution is 7.46. The molecule has 1 aromatic carbocycles. The Hall–Kier alpha value is -0.750. The minimum absolute atomic E-state index is 0.0824. The van der Waals surface area contributed by atoms with Crippen molar-refractivity contribution in [2.24, 2.45) is 11.7 Å². The molecule has 0 aliphatic heterocycles. The minimum atomic E-state index is -4.61. The second kappa shape index (κ2) is 10.9. The first-order valence-corrected chi connectivity index (χ1v) is 12.0. The fraction of sp³-hybridized carbons (Fsp3) is 0.714. The highest BCUT2D eigenvalue weighted by atomic mass is 31.2. The van der Waals surface area contributed by atoms with Gasteiger partial charge < -0.3 is 20.6 Å². The van der Waals surface area contributed by atoms with Gasteiger partial charge in [0.25, 0.3) is 0 Å². The monoisotopic (exact) mass is 413 g/mol. The number of phosphoric acid groups is 1. The number of aliphatic hydroxyl groups is 1. The van der Waals surface area contributed by atoms with E-state index in [0.29, 0.717) is 6.42 Å². The Labute approximate surface area is 168 Å². The predicted molar refractivity (Wildman–Crippen MR) is 111 cm³/mol. The number of aryl methyl sites for hydroxylation is 2. The van der Waals surface area contributed by atoms with Crippen molar-refractivity contribution in [2.75, 3.05) is 13.2 Å². The van der Waals surface area contributed by atoms with Gasteiger partial charge in [0.05, 0.1) is 18.8 Å². The molecule has 0 amide bonds. The normalized spacial score (nSPS) is 19.2. The van der Waals surface area contributed by atoms with Gasteiger partial charge in [0, 0.05) is 0 Å². The lowest BCUT2D eigenvalue weighted by Crippen LogP contribution is -2.55. The van der Waals surface area contributed by atoms with Crippen LogP contribution in [0.2, 0.25) is 0 Å². The van der Waals surface area contributed by atoms with Crippen LogP contribution in [0, 0.1) is 5.92 Å². The molecule has 28 heavy (non-hydrogen) atoms. The SMILES string of the molecule is CCCCCCCCc1ccc2c(c1)CC[C@@H]([C@@](N)(CO)COP(=O)(O)O)C2. The molecule has 5 N–H and O–H groups in total. The van der Waals surface area contributed by atoms with E-state index >= 15 is 0 Å². The van der Waals surface area contributed by atoms with Crippen LogP contribution >= 0.6 is 7.82 Å². The molecule has 0 radical (unpaired) electrons. The standard InChI is InChI=1S/C21H36NO5P/c1-2-3-4-5-6-7-8-17-9-10-19-14-20(12-11-18(19)13-17)21(22,15-23)16-27-28(24,25)26/h9-10,13,20,23H,2-8,11-12,14-16,22H2,1H3,(H2,24,25,26)/t20-,21-/m1/s1. The third kappa shape index (κ3) is 7.25. The van der Waals surface area contributed by atoms with Crippen LogP contribution in [0.15, 0.2) is 18.2 Å².